The summed E-state index contributed by atoms with van der Waals surface area (Å²) in [6.45, 7) is 10.9. The number of halogens is 1. The zero-order chi connectivity index (χ0) is 14.4. The number of hydrogen-bond acceptors (Lipinski definition) is 2. The number of nitrogens with zero attached hydrogens (tertiary/aromatic N) is 1. The molecule has 1 aliphatic rings. The highest BCUT2D eigenvalue weighted by atomic mass is 79.9. The minimum absolute atomic E-state index is 0.0699. The smallest absolute Gasteiger partial charge is 0.245 e. The molecule has 0 unspecified atom stereocenters. The number of hydrogen-bond donors (Lipinski definition) is 1. The van der Waals surface area contributed by atoms with E-state index in [0.717, 1.165) is 16.7 Å². The topological polar surface area (TPSA) is 32.3 Å². The molecule has 0 spiro atoms. The summed E-state index contributed by atoms with van der Waals surface area (Å²) in [6, 6.07) is 6.25. The number of benzene rings is 1. The number of aryl methyl sites for hydroxylation is 1. The van der Waals surface area contributed by atoms with Gasteiger partial charge in [-0.1, -0.05) is 22.0 Å². The van der Waals surface area contributed by atoms with E-state index in [1.807, 2.05) is 13.8 Å². The first-order valence-electron chi connectivity index (χ1n) is 6.50. The standard InChI is InChI=1S/C15H21BrN2O/c1-10-6-7-11(8-12(10)16)18-9-14(2,3)17-13(19)15(18,4)5/h6-8H,9H2,1-5H3,(H,17,19). The summed E-state index contributed by atoms with van der Waals surface area (Å²) in [5.74, 6) is 0.0699. The van der Waals surface area contributed by atoms with E-state index in [4.69, 9.17) is 0 Å². The highest BCUT2D eigenvalue weighted by molar-refractivity contribution is 9.10. The molecule has 0 aromatic heterocycles. The van der Waals surface area contributed by atoms with E-state index in [1.165, 1.54) is 5.56 Å². The Morgan fingerprint density at radius 2 is 1.89 bits per heavy atom. The van der Waals surface area contributed by atoms with Gasteiger partial charge >= 0.3 is 0 Å². The predicted molar refractivity (Wildman–Crippen MR) is 82.5 cm³/mol. The lowest BCUT2D eigenvalue weighted by atomic mass is 9.90. The number of nitrogens with one attached hydrogen (secondary N) is 1. The van der Waals surface area contributed by atoms with Crippen molar-refractivity contribution in [3.63, 3.8) is 0 Å². The van der Waals surface area contributed by atoms with Crippen molar-refractivity contribution in [1.29, 1.82) is 0 Å². The maximum Gasteiger partial charge on any atom is 0.245 e. The van der Waals surface area contributed by atoms with Gasteiger partial charge in [-0.25, -0.2) is 0 Å². The van der Waals surface area contributed by atoms with Gasteiger partial charge in [0.2, 0.25) is 5.91 Å². The van der Waals surface area contributed by atoms with Crippen molar-refractivity contribution in [3.05, 3.63) is 28.2 Å². The zero-order valence-electron chi connectivity index (χ0n) is 12.2. The molecule has 2 rings (SSSR count). The van der Waals surface area contributed by atoms with Crippen molar-refractivity contribution >= 4 is 27.5 Å². The largest absolute Gasteiger partial charge is 0.355 e. The first kappa shape index (κ1) is 14.4. The van der Waals surface area contributed by atoms with Crippen LogP contribution in [0, 0.1) is 6.92 Å². The van der Waals surface area contributed by atoms with Crippen LogP contribution in [0.25, 0.3) is 0 Å². The summed E-state index contributed by atoms with van der Waals surface area (Å²) < 4.78 is 1.07. The molecule has 3 nitrogen and oxygen atoms in total. The Morgan fingerprint density at radius 1 is 1.26 bits per heavy atom. The van der Waals surface area contributed by atoms with E-state index in [9.17, 15) is 4.79 Å². The summed E-state index contributed by atoms with van der Waals surface area (Å²) in [6.07, 6.45) is 0. The van der Waals surface area contributed by atoms with Crippen LogP contribution in [-0.2, 0) is 4.79 Å². The Bertz CT molecular complexity index is 523. The third-order valence-electron chi connectivity index (χ3n) is 3.70. The number of carbonyl (C=O) groups is 1. The molecule has 4 heteroatoms. The SMILES string of the molecule is Cc1ccc(N2CC(C)(C)NC(=O)C2(C)C)cc1Br. The van der Waals surface area contributed by atoms with Gasteiger partial charge in [0, 0.05) is 16.7 Å². The Hall–Kier alpha value is -1.03. The fraction of sp³-hybridized carbons (Fsp3) is 0.533. The van der Waals surface area contributed by atoms with Crippen LogP contribution in [0.3, 0.4) is 0 Å². The molecule has 1 saturated heterocycles. The Kier molecular flexibility index (Phi) is 3.42. The van der Waals surface area contributed by atoms with Crippen molar-refractivity contribution in [2.75, 3.05) is 11.4 Å². The second-order valence-electron chi connectivity index (χ2n) is 6.42. The molecule has 0 atom stereocenters. The van der Waals surface area contributed by atoms with Gasteiger partial charge in [0.05, 0.1) is 5.54 Å². The van der Waals surface area contributed by atoms with Gasteiger partial charge in [-0.15, -0.1) is 0 Å². The molecule has 0 aliphatic carbocycles. The first-order valence-corrected chi connectivity index (χ1v) is 7.29. The van der Waals surface area contributed by atoms with Gasteiger partial charge in [-0.2, -0.15) is 0 Å². The summed E-state index contributed by atoms with van der Waals surface area (Å²) >= 11 is 3.57. The molecular weight excluding hydrogens is 304 g/mol. The minimum atomic E-state index is -0.537. The fourth-order valence-corrected chi connectivity index (χ4v) is 2.75. The van der Waals surface area contributed by atoms with Gasteiger partial charge < -0.3 is 10.2 Å². The molecule has 0 saturated carbocycles. The second-order valence-corrected chi connectivity index (χ2v) is 7.27. The lowest BCUT2D eigenvalue weighted by Gasteiger charge is -2.49. The molecule has 1 aromatic carbocycles. The maximum absolute atomic E-state index is 12.3. The number of carbonyl (C=O) groups excluding carboxylic acids is 1. The Balaban J connectivity index is 2.45. The van der Waals surface area contributed by atoms with Gasteiger partial charge in [0.15, 0.2) is 0 Å². The molecule has 1 amide bonds. The number of anilines is 1. The lowest BCUT2D eigenvalue weighted by molar-refractivity contribution is -0.128. The molecule has 0 radical (unpaired) electrons. The van der Waals surface area contributed by atoms with E-state index in [1.54, 1.807) is 0 Å². The normalized spacial score (nSPS) is 21.2. The average Bonchev–Trinajstić information content (AvgIpc) is 2.27. The van der Waals surface area contributed by atoms with Crippen molar-refractivity contribution in [2.24, 2.45) is 0 Å². The maximum atomic E-state index is 12.3. The summed E-state index contributed by atoms with van der Waals surface area (Å²) in [5, 5.41) is 3.08. The highest BCUT2D eigenvalue weighted by Crippen LogP contribution is 2.32. The van der Waals surface area contributed by atoms with E-state index in [-0.39, 0.29) is 11.4 Å². The lowest BCUT2D eigenvalue weighted by Crippen LogP contribution is -2.69. The third-order valence-corrected chi connectivity index (χ3v) is 4.56. The number of piperazine rings is 1. The third kappa shape index (κ3) is 2.64. The highest BCUT2D eigenvalue weighted by Gasteiger charge is 2.44. The van der Waals surface area contributed by atoms with E-state index < -0.39 is 5.54 Å². The fourth-order valence-electron chi connectivity index (χ4n) is 2.38. The van der Waals surface area contributed by atoms with Crippen molar-refractivity contribution in [1.82, 2.24) is 5.32 Å². The molecule has 1 heterocycles. The van der Waals surface area contributed by atoms with Crippen molar-refractivity contribution < 1.29 is 4.79 Å². The summed E-state index contributed by atoms with van der Waals surface area (Å²) in [4.78, 5) is 14.5. The van der Waals surface area contributed by atoms with Crippen LogP contribution in [0.2, 0.25) is 0 Å². The van der Waals surface area contributed by atoms with Crippen LogP contribution in [0.5, 0.6) is 0 Å². The summed E-state index contributed by atoms with van der Waals surface area (Å²) in [7, 11) is 0. The van der Waals surface area contributed by atoms with Crippen LogP contribution in [0.1, 0.15) is 33.3 Å². The van der Waals surface area contributed by atoms with E-state index in [2.05, 4.69) is 65.1 Å². The summed E-state index contributed by atoms with van der Waals surface area (Å²) in [5.41, 5.74) is 1.52. The van der Waals surface area contributed by atoms with Crippen LogP contribution >= 0.6 is 15.9 Å². The van der Waals surface area contributed by atoms with Crippen LogP contribution in [0.15, 0.2) is 22.7 Å². The van der Waals surface area contributed by atoms with Gasteiger partial charge in [-0.05, 0) is 52.3 Å². The number of rotatable bonds is 1. The zero-order valence-corrected chi connectivity index (χ0v) is 13.8. The molecule has 0 bridgehead atoms. The van der Waals surface area contributed by atoms with Gasteiger partial charge in [-0.3, -0.25) is 4.79 Å². The van der Waals surface area contributed by atoms with E-state index >= 15 is 0 Å². The quantitative estimate of drug-likeness (QED) is 0.860. The molecule has 1 aromatic rings. The molecule has 1 fully saturated rings. The molecule has 104 valence electrons. The van der Waals surface area contributed by atoms with Crippen LogP contribution in [0.4, 0.5) is 5.69 Å². The molecule has 1 aliphatic heterocycles. The second kappa shape index (κ2) is 4.51. The Morgan fingerprint density at radius 3 is 2.47 bits per heavy atom. The van der Waals surface area contributed by atoms with Crippen LogP contribution < -0.4 is 10.2 Å². The van der Waals surface area contributed by atoms with E-state index in [0.29, 0.717) is 0 Å². The predicted octanol–water partition coefficient (Wildman–Crippen LogP) is 3.25. The van der Waals surface area contributed by atoms with Crippen molar-refractivity contribution in [3.8, 4) is 0 Å². The van der Waals surface area contributed by atoms with Crippen LogP contribution in [-0.4, -0.2) is 23.5 Å². The Labute approximate surface area is 123 Å². The van der Waals surface area contributed by atoms with Gasteiger partial charge in [0.25, 0.3) is 0 Å². The molecule has 19 heavy (non-hydrogen) atoms. The van der Waals surface area contributed by atoms with Gasteiger partial charge in [0.1, 0.15) is 5.54 Å². The monoisotopic (exact) mass is 324 g/mol. The molecular formula is C15H21BrN2O. The first-order chi connectivity index (χ1) is 8.63. The molecule has 1 N–H and O–H groups in total. The minimum Gasteiger partial charge on any atom is -0.355 e. The average molecular weight is 325 g/mol. The number of amides is 1. The van der Waals surface area contributed by atoms with Crippen molar-refractivity contribution in [2.45, 2.75) is 45.7 Å².